The van der Waals surface area contributed by atoms with E-state index in [9.17, 15) is 4.79 Å². The number of ether oxygens (including phenoxy) is 1. The van der Waals surface area contributed by atoms with Crippen molar-refractivity contribution in [3.8, 4) is 17.3 Å². The minimum absolute atomic E-state index is 0.0267. The van der Waals surface area contributed by atoms with Crippen LogP contribution in [0.2, 0.25) is 0 Å². The number of imidazole rings is 1. The van der Waals surface area contributed by atoms with Gasteiger partial charge in [0.05, 0.1) is 18.3 Å². The molecule has 1 amide bonds. The Kier molecular flexibility index (Phi) is 5.67. The van der Waals surface area contributed by atoms with Crippen LogP contribution in [0.15, 0.2) is 60.7 Å². The summed E-state index contributed by atoms with van der Waals surface area (Å²) in [5.74, 6) is 2.69. The van der Waals surface area contributed by atoms with Crippen LogP contribution in [0.5, 0.6) is 5.75 Å². The van der Waals surface area contributed by atoms with Crippen LogP contribution in [0, 0.1) is 11.8 Å². The fraction of sp³-hybridized carbons (Fsp3) is 0.351. The maximum absolute atomic E-state index is 13.7. The van der Waals surface area contributed by atoms with Gasteiger partial charge in [0.1, 0.15) is 11.3 Å². The summed E-state index contributed by atoms with van der Waals surface area (Å²) < 4.78 is 10.5. The van der Waals surface area contributed by atoms with Gasteiger partial charge in [-0.25, -0.2) is 4.98 Å². The summed E-state index contributed by atoms with van der Waals surface area (Å²) >= 11 is 0. The zero-order valence-electron chi connectivity index (χ0n) is 25.3. The molecule has 3 aromatic carbocycles. The monoisotopic (exact) mass is 583 g/mol. The number of piperidine rings is 1. The van der Waals surface area contributed by atoms with Crippen molar-refractivity contribution in [2.75, 3.05) is 13.7 Å². The second-order valence-corrected chi connectivity index (χ2v) is 13.4. The lowest BCUT2D eigenvalue weighted by Crippen LogP contribution is -2.41. The number of benzene rings is 3. The number of nitrogens with two attached hydrogens (primary N) is 1. The molecule has 1 saturated heterocycles. The van der Waals surface area contributed by atoms with E-state index in [1.807, 2.05) is 17.0 Å². The third-order valence-electron chi connectivity index (χ3n) is 10.7. The molecule has 2 N–H and O–H groups in total. The number of hydrogen-bond donors (Lipinski definition) is 1. The molecule has 1 unspecified atom stereocenters. The molecule has 1 aliphatic heterocycles. The van der Waals surface area contributed by atoms with Gasteiger partial charge in [-0.2, -0.15) is 0 Å². The molecule has 0 radical (unpaired) electrons. The first kappa shape index (κ1) is 26.1. The maximum atomic E-state index is 13.7. The standard InChI is InChI=1S/C37H37N5O2/c1-40-35-29(16-28(18-33(35)44-2)37(43)42-20-25-10-12-31(42)34(25)38)39-36(40)32-17-27-15-24(9-11-30(27)41(32)19-21-7-8-21)26-13-22-5-3-4-6-23(22)14-26/h3-6,9,11,13,15-18,21,25,31,34H,7-8,10,12,14,19-20,38H2,1-2H3/t25-,31?,34+/m1/s1. The average Bonchev–Trinajstić information content (AvgIpc) is 3.31. The van der Waals surface area contributed by atoms with Crippen molar-refractivity contribution >= 4 is 39.5 Å². The first-order valence-corrected chi connectivity index (χ1v) is 16.0. The van der Waals surface area contributed by atoms with E-state index in [0.29, 0.717) is 23.1 Å². The topological polar surface area (TPSA) is 78.3 Å². The normalized spacial score (nSPS) is 22.3. The molecular formula is C37H37N5O2. The summed E-state index contributed by atoms with van der Waals surface area (Å²) in [6, 6.07) is 21.9. The molecule has 7 heteroatoms. The van der Waals surface area contributed by atoms with Crippen molar-refractivity contribution in [2.24, 2.45) is 24.6 Å². The Morgan fingerprint density at radius 3 is 2.66 bits per heavy atom. The molecule has 4 aliphatic rings. The van der Waals surface area contributed by atoms with Crippen molar-refractivity contribution in [1.82, 2.24) is 19.0 Å². The molecule has 2 aromatic heterocycles. The summed E-state index contributed by atoms with van der Waals surface area (Å²) in [5.41, 5.74) is 16.4. The van der Waals surface area contributed by atoms with Crippen LogP contribution in [0.25, 0.3) is 45.1 Å². The number of aromatic nitrogens is 3. The molecule has 44 heavy (non-hydrogen) atoms. The van der Waals surface area contributed by atoms with E-state index in [-0.39, 0.29) is 18.0 Å². The van der Waals surface area contributed by atoms with Crippen LogP contribution >= 0.6 is 0 Å². The van der Waals surface area contributed by atoms with Gasteiger partial charge >= 0.3 is 0 Å². The number of carbonyl (C=O) groups is 1. The number of aryl methyl sites for hydroxylation is 1. The van der Waals surface area contributed by atoms with Gasteiger partial charge < -0.3 is 24.5 Å². The third kappa shape index (κ3) is 3.91. The van der Waals surface area contributed by atoms with Crippen LogP contribution in [0.3, 0.4) is 0 Å². The van der Waals surface area contributed by atoms with E-state index in [0.717, 1.165) is 54.9 Å². The predicted octanol–water partition coefficient (Wildman–Crippen LogP) is 6.27. The van der Waals surface area contributed by atoms with Crippen molar-refractivity contribution in [1.29, 1.82) is 0 Å². The SMILES string of the molecule is COc1cc(C(=O)N2C[C@H]3CCC2[C@H]3N)cc2nc(-c3cc4cc(C5=Cc6ccccc6C5)ccc4n3CC3CC3)n(C)c12. The van der Waals surface area contributed by atoms with Gasteiger partial charge in [-0.15, -0.1) is 0 Å². The molecule has 0 spiro atoms. The van der Waals surface area contributed by atoms with E-state index in [1.54, 1.807) is 7.11 Å². The van der Waals surface area contributed by atoms with Gasteiger partial charge in [0, 0.05) is 48.7 Å². The lowest BCUT2D eigenvalue weighted by atomic mass is 10.0. The molecule has 3 aliphatic carbocycles. The summed E-state index contributed by atoms with van der Waals surface area (Å²) in [7, 11) is 3.73. The molecule has 222 valence electrons. The average molecular weight is 584 g/mol. The van der Waals surface area contributed by atoms with E-state index < -0.39 is 0 Å². The van der Waals surface area contributed by atoms with E-state index in [1.165, 1.54) is 46.0 Å². The summed E-state index contributed by atoms with van der Waals surface area (Å²) in [4.78, 5) is 20.9. The quantitative estimate of drug-likeness (QED) is 0.256. The Bertz CT molecular complexity index is 2030. The Morgan fingerprint density at radius 1 is 1.05 bits per heavy atom. The van der Waals surface area contributed by atoms with Gasteiger partial charge in [-0.3, -0.25) is 4.79 Å². The summed E-state index contributed by atoms with van der Waals surface area (Å²) in [6.07, 6.45) is 7.94. The minimum atomic E-state index is 0.0267. The van der Waals surface area contributed by atoms with Crippen LogP contribution < -0.4 is 10.5 Å². The highest BCUT2D eigenvalue weighted by molar-refractivity contribution is 6.01. The fourth-order valence-electron chi connectivity index (χ4n) is 8.14. The first-order chi connectivity index (χ1) is 21.5. The molecule has 2 saturated carbocycles. The van der Waals surface area contributed by atoms with Crippen LogP contribution in [-0.4, -0.2) is 50.7 Å². The second-order valence-electron chi connectivity index (χ2n) is 13.4. The number of amides is 1. The Balaban J connectivity index is 1.14. The number of methoxy groups -OCH3 is 1. The van der Waals surface area contributed by atoms with Gasteiger partial charge in [0.15, 0.2) is 5.82 Å². The number of carbonyl (C=O) groups excluding carboxylic acids is 1. The number of fused-ring (bicyclic) bond motifs is 5. The number of rotatable bonds is 6. The van der Waals surface area contributed by atoms with Crippen LogP contribution in [0.4, 0.5) is 0 Å². The van der Waals surface area contributed by atoms with E-state index in [2.05, 4.69) is 70.8 Å². The van der Waals surface area contributed by atoms with Crippen molar-refractivity contribution in [3.63, 3.8) is 0 Å². The lowest BCUT2D eigenvalue weighted by Gasteiger charge is -2.27. The molecular weight excluding hydrogens is 546 g/mol. The molecule has 3 heterocycles. The highest BCUT2D eigenvalue weighted by atomic mass is 16.5. The minimum Gasteiger partial charge on any atom is -0.494 e. The van der Waals surface area contributed by atoms with Gasteiger partial charge in [-0.05, 0) is 96.5 Å². The highest BCUT2D eigenvalue weighted by Crippen LogP contribution is 2.41. The van der Waals surface area contributed by atoms with Crippen molar-refractivity contribution in [3.05, 3.63) is 82.9 Å². The second kappa shape index (κ2) is 9.57. The number of nitrogens with zero attached hydrogens (tertiary/aromatic N) is 4. The Hall–Kier alpha value is -4.36. The summed E-state index contributed by atoms with van der Waals surface area (Å²) in [6.45, 7) is 1.72. The fourth-order valence-corrected chi connectivity index (χ4v) is 8.14. The number of allylic oxidation sites excluding steroid dienone is 1. The highest BCUT2D eigenvalue weighted by Gasteiger charge is 2.47. The molecule has 7 nitrogen and oxygen atoms in total. The zero-order chi connectivity index (χ0) is 29.7. The first-order valence-electron chi connectivity index (χ1n) is 16.0. The van der Waals surface area contributed by atoms with Gasteiger partial charge in [0.25, 0.3) is 5.91 Å². The predicted molar refractivity (Wildman–Crippen MR) is 174 cm³/mol. The van der Waals surface area contributed by atoms with E-state index in [4.69, 9.17) is 15.5 Å². The largest absolute Gasteiger partial charge is 0.494 e. The third-order valence-corrected chi connectivity index (χ3v) is 10.7. The van der Waals surface area contributed by atoms with E-state index >= 15 is 0 Å². The Morgan fingerprint density at radius 2 is 1.91 bits per heavy atom. The molecule has 5 aromatic rings. The zero-order valence-corrected chi connectivity index (χ0v) is 25.3. The van der Waals surface area contributed by atoms with Gasteiger partial charge in [-0.1, -0.05) is 36.4 Å². The molecule has 3 atom stereocenters. The maximum Gasteiger partial charge on any atom is 0.254 e. The van der Waals surface area contributed by atoms with Gasteiger partial charge in [0.2, 0.25) is 0 Å². The number of likely N-dealkylation sites (tertiary alicyclic amines) is 1. The smallest absolute Gasteiger partial charge is 0.254 e. The molecule has 9 rings (SSSR count). The molecule has 3 fully saturated rings. The Labute approximate surface area is 256 Å². The number of hydrogen-bond acceptors (Lipinski definition) is 4. The van der Waals surface area contributed by atoms with Crippen molar-refractivity contribution in [2.45, 2.75) is 50.7 Å². The molecule has 2 bridgehead atoms. The lowest BCUT2D eigenvalue weighted by molar-refractivity contribution is 0.0700. The van der Waals surface area contributed by atoms with Crippen molar-refractivity contribution < 1.29 is 9.53 Å². The van der Waals surface area contributed by atoms with Crippen LogP contribution in [0.1, 0.15) is 52.7 Å². The van der Waals surface area contributed by atoms with Crippen LogP contribution in [-0.2, 0) is 20.0 Å². The summed E-state index contributed by atoms with van der Waals surface area (Å²) in [5, 5.41) is 1.23.